The number of rotatable bonds is 6. The average molecular weight is 391 g/mol. The molecule has 3 rings (SSSR count). The average Bonchev–Trinajstić information content (AvgIpc) is 3.12. The van der Waals surface area contributed by atoms with Crippen LogP contribution in [0.15, 0.2) is 23.4 Å². The lowest BCUT2D eigenvalue weighted by atomic mass is 9.93. The van der Waals surface area contributed by atoms with Gasteiger partial charge in [-0.15, -0.1) is 0 Å². The summed E-state index contributed by atoms with van der Waals surface area (Å²) in [4.78, 5) is 37.4. The number of nitrogens with zero attached hydrogens (tertiary/aromatic N) is 2. The third-order valence-electron chi connectivity index (χ3n) is 4.73. The first-order chi connectivity index (χ1) is 13.3. The number of nitro groups is 1. The zero-order chi connectivity index (χ0) is 20.4. The van der Waals surface area contributed by atoms with Crippen LogP contribution in [0.1, 0.15) is 38.3 Å². The lowest BCUT2D eigenvalue weighted by molar-refractivity contribution is -0.385. The van der Waals surface area contributed by atoms with Crippen molar-refractivity contribution in [3.8, 4) is 11.5 Å². The second-order valence-electron chi connectivity index (χ2n) is 6.45. The van der Waals surface area contributed by atoms with Crippen LogP contribution in [-0.4, -0.2) is 42.3 Å². The van der Waals surface area contributed by atoms with Crippen LogP contribution >= 0.6 is 0 Å². The Morgan fingerprint density at radius 2 is 2.07 bits per heavy atom. The van der Waals surface area contributed by atoms with Crippen molar-refractivity contribution < 1.29 is 28.7 Å². The molecule has 10 nitrogen and oxygen atoms in total. The predicted molar refractivity (Wildman–Crippen MR) is 96.8 cm³/mol. The fourth-order valence-corrected chi connectivity index (χ4v) is 3.06. The topological polar surface area (TPSA) is 120 Å². The smallest absolute Gasteiger partial charge is 0.338 e. The van der Waals surface area contributed by atoms with Crippen LogP contribution in [0.4, 0.5) is 10.5 Å². The van der Waals surface area contributed by atoms with Crippen LogP contribution in [0, 0.1) is 10.1 Å². The third-order valence-corrected chi connectivity index (χ3v) is 4.73. The van der Waals surface area contributed by atoms with Gasteiger partial charge >= 0.3 is 12.0 Å². The molecule has 0 aliphatic carbocycles. The lowest BCUT2D eigenvalue weighted by Crippen LogP contribution is -2.46. The number of nitro benzene ring substituents is 1. The highest BCUT2D eigenvalue weighted by Gasteiger charge is 2.39. The van der Waals surface area contributed by atoms with Gasteiger partial charge in [0.2, 0.25) is 6.79 Å². The highest BCUT2D eigenvalue weighted by molar-refractivity contribution is 5.95. The van der Waals surface area contributed by atoms with Crippen molar-refractivity contribution in [2.24, 2.45) is 0 Å². The molecule has 150 valence electrons. The Morgan fingerprint density at radius 3 is 2.71 bits per heavy atom. The minimum Gasteiger partial charge on any atom is -0.462 e. The Kier molecular flexibility index (Phi) is 5.39. The largest absolute Gasteiger partial charge is 0.462 e. The van der Waals surface area contributed by atoms with Gasteiger partial charge in [0.25, 0.3) is 5.69 Å². The van der Waals surface area contributed by atoms with E-state index >= 15 is 0 Å². The molecule has 28 heavy (non-hydrogen) atoms. The van der Waals surface area contributed by atoms with Crippen molar-refractivity contribution in [1.82, 2.24) is 10.2 Å². The molecule has 2 aliphatic rings. The maximum Gasteiger partial charge on any atom is 0.338 e. The first-order valence-electron chi connectivity index (χ1n) is 8.85. The van der Waals surface area contributed by atoms with Gasteiger partial charge in [-0.2, -0.15) is 0 Å². The Bertz CT molecular complexity index is 865. The maximum absolute atomic E-state index is 12.8. The number of esters is 1. The molecule has 0 aromatic heterocycles. The molecule has 10 heteroatoms. The zero-order valence-corrected chi connectivity index (χ0v) is 15.8. The number of hydrogen-bond donors (Lipinski definition) is 1. The Morgan fingerprint density at radius 1 is 1.39 bits per heavy atom. The maximum atomic E-state index is 12.8. The van der Waals surface area contributed by atoms with Crippen LogP contribution in [0.3, 0.4) is 0 Å². The number of unbranched alkanes of at least 4 members (excludes halogenated alkanes) is 1. The SMILES string of the molecule is CCCCOC(=O)C1=C(C)N(C)C(=O)NC1c1cc2c(cc1[N+](=O)[O-])OCO2. The summed E-state index contributed by atoms with van der Waals surface area (Å²) in [5, 5.41) is 14.3. The van der Waals surface area contributed by atoms with E-state index in [0.29, 0.717) is 17.9 Å². The van der Waals surface area contributed by atoms with Gasteiger partial charge < -0.3 is 24.4 Å². The van der Waals surface area contributed by atoms with E-state index in [1.165, 1.54) is 24.1 Å². The predicted octanol–water partition coefficient (Wildman–Crippen LogP) is 2.64. The summed E-state index contributed by atoms with van der Waals surface area (Å²) in [6.07, 6.45) is 1.54. The summed E-state index contributed by atoms with van der Waals surface area (Å²) < 4.78 is 15.8. The van der Waals surface area contributed by atoms with E-state index in [2.05, 4.69) is 5.32 Å². The van der Waals surface area contributed by atoms with Gasteiger partial charge in [-0.3, -0.25) is 10.1 Å². The van der Waals surface area contributed by atoms with Crippen molar-refractivity contribution in [1.29, 1.82) is 0 Å². The van der Waals surface area contributed by atoms with Crippen LogP contribution in [0.2, 0.25) is 0 Å². The van der Waals surface area contributed by atoms with Crippen LogP contribution in [-0.2, 0) is 9.53 Å². The van der Waals surface area contributed by atoms with Crippen molar-refractivity contribution >= 4 is 17.7 Å². The summed E-state index contributed by atoms with van der Waals surface area (Å²) in [6.45, 7) is 3.73. The molecular formula is C18H21N3O7. The number of amides is 2. The molecule has 0 spiro atoms. The molecule has 1 aromatic carbocycles. The van der Waals surface area contributed by atoms with E-state index in [9.17, 15) is 19.7 Å². The minimum atomic E-state index is -1.05. The van der Waals surface area contributed by atoms with Gasteiger partial charge in [0.1, 0.15) is 0 Å². The van der Waals surface area contributed by atoms with E-state index < -0.39 is 23.0 Å². The molecule has 0 fully saturated rings. The van der Waals surface area contributed by atoms with Gasteiger partial charge in [0.15, 0.2) is 11.5 Å². The van der Waals surface area contributed by atoms with E-state index in [0.717, 1.165) is 6.42 Å². The molecule has 0 radical (unpaired) electrons. The number of urea groups is 1. The van der Waals surface area contributed by atoms with E-state index in [1.807, 2.05) is 6.92 Å². The van der Waals surface area contributed by atoms with Gasteiger partial charge in [0, 0.05) is 12.7 Å². The molecule has 0 bridgehead atoms. The quantitative estimate of drug-likeness (QED) is 0.342. The summed E-state index contributed by atoms with van der Waals surface area (Å²) in [7, 11) is 1.51. The number of ether oxygens (including phenoxy) is 3. The fraction of sp³-hybridized carbons (Fsp3) is 0.444. The molecule has 0 saturated carbocycles. The van der Waals surface area contributed by atoms with Gasteiger partial charge in [-0.1, -0.05) is 13.3 Å². The third kappa shape index (κ3) is 3.45. The van der Waals surface area contributed by atoms with Crippen molar-refractivity contribution in [3.05, 3.63) is 39.1 Å². The van der Waals surface area contributed by atoms with Crippen molar-refractivity contribution in [3.63, 3.8) is 0 Å². The molecule has 1 unspecified atom stereocenters. The first kappa shape index (κ1) is 19.5. The number of allylic oxidation sites excluding steroid dienone is 1. The van der Waals surface area contributed by atoms with Crippen LogP contribution < -0.4 is 14.8 Å². The second-order valence-corrected chi connectivity index (χ2v) is 6.45. The Labute approximate surface area is 161 Å². The second kappa shape index (κ2) is 7.75. The number of carbonyl (C=O) groups is 2. The van der Waals surface area contributed by atoms with Crippen LogP contribution in [0.25, 0.3) is 0 Å². The monoisotopic (exact) mass is 391 g/mol. The molecule has 2 heterocycles. The highest BCUT2D eigenvalue weighted by atomic mass is 16.7. The molecule has 2 amide bonds. The number of nitrogens with one attached hydrogen (secondary N) is 1. The molecule has 0 saturated heterocycles. The van der Waals surface area contributed by atoms with Gasteiger partial charge in [0.05, 0.1) is 34.8 Å². The van der Waals surface area contributed by atoms with Crippen molar-refractivity contribution in [2.45, 2.75) is 32.7 Å². The highest BCUT2D eigenvalue weighted by Crippen LogP contribution is 2.43. The molecule has 1 N–H and O–H groups in total. The van der Waals surface area contributed by atoms with Crippen LogP contribution in [0.5, 0.6) is 11.5 Å². The summed E-state index contributed by atoms with van der Waals surface area (Å²) in [6, 6.07) is 1.12. The summed E-state index contributed by atoms with van der Waals surface area (Å²) >= 11 is 0. The molecule has 2 aliphatic heterocycles. The van der Waals surface area contributed by atoms with Gasteiger partial charge in [-0.05, 0) is 19.4 Å². The lowest BCUT2D eigenvalue weighted by Gasteiger charge is -2.33. The molecule has 1 aromatic rings. The summed E-state index contributed by atoms with van der Waals surface area (Å²) in [5.74, 6) is -0.0811. The number of hydrogen-bond acceptors (Lipinski definition) is 7. The number of benzene rings is 1. The normalized spacial score (nSPS) is 18.2. The zero-order valence-electron chi connectivity index (χ0n) is 15.8. The first-order valence-corrected chi connectivity index (χ1v) is 8.85. The van der Waals surface area contributed by atoms with Crippen molar-refractivity contribution in [2.75, 3.05) is 20.4 Å². The number of fused-ring (bicyclic) bond motifs is 1. The molecule has 1 atom stereocenters. The summed E-state index contributed by atoms with van der Waals surface area (Å²) in [5.41, 5.74) is 0.339. The van der Waals surface area contributed by atoms with Gasteiger partial charge in [-0.25, -0.2) is 9.59 Å². The Hall–Kier alpha value is -3.30. The van der Waals surface area contributed by atoms with E-state index in [-0.39, 0.29) is 36.0 Å². The molecular weight excluding hydrogens is 370 g/mol. The van der Waals surface area contributed by atoms with E-state index in [4.69, 9.17) is 14.2 Å². The fourth-order valence-electron chi connectivity index (χ4n) is 3.06. The Balaban J connectivity index is 2.09. The number of carbonyl (C=O) groups excluding carboxylic acids is 2. The standard InChI is InChI=1S/C18H21N3O7/c1-4-5-6-26-17(22)15-10(2)20(3)18(23)19-16(15)11-7-13-14(28-9-27-13)8-12(11)21(24)25/h7-8,16H,4-6,9H2,1-3H3,(H,19,23). The van der Waals surface area contributed by atoms with E-state index in [1.54, 1.807) is 6.92 Å². The minimum absolute atomic E-state index is 0.0590.